The second-order valence-electron chi connectivity index (χ2n) is 13.1. The minimum absolute atomic E-state index is 0.611. The maximum Gasteiger partial charge on any atom is 0.164 e. The molecular formula is C48H28N4O. The Kier molecular flexibility index (Phi) is 7.12. The number of furan rings is 1. The van der Waals surface area contributed by atoms with Crippen LogP contribution in [0.25, 0.3) is 99.9 Å². The van der Waals surface area contributed by atoms with E-state index in [1.807, 2.05) is 97.1 Å². The van der Waals surface area contributed by atoms with Gasteiger partial charge >= 0.3 is 0 Å². The predicted octanol–water partition coefficient (Wildman–Crippen LogP) is 12.3. The lowest BCUT2D eigenvalue weighted by atomic mass is 9.91. The average Bonchev–Trinajstić information content (AvgIpc) is 3.64. The van der Waals surface area contributed by atoms with Crippen molar-refractivity contribution in [2.75, 3.05) is 0 Å². The van der Waals surface area contributed by atoms with Gasteiger partial charge in [-0.3, -0.25) is 0 Å². The first-order chi connectivity index (χ1) is 26.2. The third kappa shape index (κ3) is 5.21. The number of fused-ring (bicyclic) bond motifs is 8. The first kappa shape index (κ1) is 30.4. The van der Waals surface area contributed by atoms with E-state index in [0.717, 1.165) is 82.4 Å². The summed E-state index contributed by atoms with van der Waals surface area (Å²) >= 11 is 0. The first-order valence-electron chi connectivity index (χ1n) is 17.5. The monoisotopic (exact) mass is 676 g/mol. The Hall–Kier alpha value is -7.42. The van der Waals surface area contributed by atoms with Crippen LogP contribution < -0.4 is 0 Å². The van der Waals surface area contributed by atoms with Crippen LogP contribution in [0.5, 0.6) is 0 Å². The quantitative estimate of drug-likeness (QED) is 0.170. The second-order valence-corrected chi connectivity index (χ2v) is 13.1. The number of nitrogens with zero attached hydrogens (tertiary/aromatic N) is 4. The van der Waals surface area contributed by atoms with E-state index in [1.165, 1.54) is 0 Å². The highest BCUT2D eigenvalue weighted by molar-refractivity contribution is 6.30. The van der Waals surface area contributed by atoms with Crippen LogP contribution >= 0.6 is 0 Å². The largest absolute Gasteiger partial charge is 0.455 e. The van der Waals surface area contributed by atoms with Gasteiger partial charge in [0, 0.05) is 32.8 Å². The van der Waals surface area contributed by atoms with Crippen molar-refractivity contribution >= 4 is 43.5 Å². The molecular weight excluding hydrogens is 649 g/mol. The molecule has 0 saturated carbocycles. The average molecular weight is 677 g/mol. The highest BCUT2D eigenvalue weighted by Gasteiger charge is 2.18. The molecule has 0 radical (unpaired) electrons. The Balaban J connectivity index is 1.15. The van der Waals surface area contributed by atoms with Gasteiger partial charge in [0.2, 0.25) is 0 Å². The maximum absolute atomic E-state index is 9.86. The van der Waals surface area contributed by atoms with E-state index in [4.69, 9.17) is 19.4 Å². The standard InChI is InChI=1S/C48H28N4O/c49-29-36-16-7-8-19-37(36)34-23-25-38-39-24-22-33(27-42(39)45-44(41(38)28-34)40-20-9-10-21-43(40)53-45)32-17-11-18-35(26-32)48-51-46(30-12-3-1-4-13-30)50-47(52-48)31-14-5-2-6-15-31/h1-28H. The zero-order valence-electron chi connectivity index (χ0n) is 28.4. The van der Waals surface area contributed by atoms with E-state index in [-0.39, 0.29) is 0 Å². The van der Waals surface area contributed by atoms with Gasteiger partial charge in [-0.05, 0) is 68.7 Å². The van der Waals surface area contributed by atoms with Crippen LogP contribution in [0, 0.1) is 11.3 Å². The third-order valence-electron chi connectivity index (χ3n) is 9.95. The lowest BCUT2D eigenvalue weighted by Crippen LogP contribution is -2.00. The molecule has 0 aliphatic carbocycles. The Bertz CT molecular complexity index is 3010. The summed E-state index contributed by atoms with van der Waals surface area (Å²) in [5, 5.41) is 16.3. The molecule has 0 bridgehead atoms. The van der Waals surface area contributed by atoms with Gasteiger partial charge in [0.1, 0.15) is 11.2 Å². The number of rotatable bonds is 5. The van der Waals surface area contributed by atoms with Gasteiger partial charge in [-0.2, -0.15) is 5.26 Å². The maximum atomic E-state index is 9.86. The zero-order chi connectivity index (χ0) is 35.3. The van der Waals surface area contributed by atoms with Crippen molar-refractivity contribution in [2.45, 2.75) is 0 Å². The van der Waals surface area contributed by atoms with E-state index < -0.39 is 0 Å². The lowest BCUT2D eigenvalue weighted by Gasteiger charge is -2.12. The van der Waals surface area contributed by atoms with Crippen molar-refractivity contribution in [3.63, 3.8) is 0 Å². The van der Waals surface area contributed by atoms with E-state index in [1.54, 1.807) is 0 Å². The van der Waals surface area contributed by atoms with E-state index in [2.05, 4.69) is 78.9 Å². The summed E-state index contributed by atoms with van der Waals surface area (Å²) in [5.74, 6) is 1.87. The molecule has 0 spiro atoms. The van der Waals surface area contributed by atoms with E-state index in [0.29, 0.717) is 23.0 Å². The molecule has 5 heteroatoms. The molecule has 2 heterocycles. The molecule has 0 atom stereocenters. The van der Waals surface area contributed by atoms with E-state index in [9.17, 15) is 5.26 Å². The van der Waals surface area contributed by atoms with Crippen LogP contribution in [0.2, 0.25) is 0 Å². The Morgan fingerprint density at radius 1 is 0.396 bits per heavy atom. The van der Waals surface area contributed by atoms with Crippen molar-refractivity contribution < 1.29 is 4.42 Å². The summed E-state index contributed by atoms with van der Waals surface area (Å²) in [6.07, 6.45) is 0. The van der Waals surface area contributed by atoms with E-state index >= 15 is 0 Å². The van der Waals surface area contributed by atoms with Gasteiger partial charge in [-0.15, -0.1) is 0 Å². The van der Waals surface area contributed by atoms with Crippen molar-refractivity contribution in [1.82, 2.24) is 15.0 Å². The summed E-state index contributed by atoms with van der Waals surface area (Å²) < 4.78 is 6.68. The molecule has 0 unspecified atom stereocenters. The number of hydrogen-bond donors (Lipinski definition) is 0. The number of hydrogen-bond acceptors (Lipinski definition) is 5. The minimum Gasteiger partial charge on any atom is -0.455 e. The van der Waals surface area contributed by atoms with Crippen LogP contribution in [-0.4, -0.2) is 15.0 Å². The molecule has 0 saturated heterocycles. The fourth-order valence-electron chi connectivity index (χ4n) is 7.41. The Morgan fingerprint density at radius 2 is 0.943 bits per heavy atom. The fraction of sp³-hybridized carbons (Fsp3) is 0. The SMILES string of the molecule is N#Cc1ccccc1-c1ccc2c3ccc(-c4cccc(-c5nc(-c6ccccc6)nc(-c6ccccc6)n5)c4)cc3c3oc4ccccc4c3c2c1. The molecule has 53 heavy (non-hydrogen) atoms. The van der Waals surface area contributed by atoms with Crippen LogP contribution in [0.4, 0.5) is 0 Å². The lowest BCUT2D eigenvalue weighted by molar-refractivity contribution is 0.673. The van der Waals surface area contributed by atoms with Gasteiger partial charge in [0.25, 0.3) is 0 Å². The van der Waals surface area contributed by atoms with Crippen molar-refractivity contribution in [3.8, 4) is 62.5 Å². The zero-order valence-corrected chi connectivity index (χ0v) is 28.4. The summed E-state index contributed by atoms with van der Waals surface area (Å²) in [7, 11) is 0. The third-order valence-corrected chi connectivity index (χ3v) is 9.95. The van der Waals surface area contributed by atoms with Crippen LogP contribution in [0.15, 0.2) is 174 Å². The Labute approximate surface area is 305 Å². The molecule has 246 valence electrons. The molecule has 2 aromatic heterocycles. The van der Waals surface area contributed by atoms with Gasteiger partial charge in [0.05, 0.1) is 11.6 Å². The van der Waals surface area contributed by atoms with Crippen molar-refractivity contribution in [2.24, 2.45) is 0 Å². The molecule has 5 nitrogen and oxygen atoms in total. The summed E-state index contributed by atoms with van der Waals surface area (Å²) in [6, 6.07) is 59.9. The molecule has 10 rings (SSSR count). The van der Waals surface area contributed by atoms with Crippen molar-refractivity contribution in [1.29, 1.82) is 5.26 Å². The topological polar surface area (TPSA) is 75.6 Å². The minimum atomic E-state index is 0.611. The van der Waals surface area contributed by atoms with Crippen molar-refractivity contribution in [3.05, 3.63) is 175 Å². The Morgan fingerprint density at radius 3 is 1.68 bits per heavy atom. The number of benzene rings is 8. The highest BCUT2D eigenvalue weighted by Crippen LogP contribution is 2.43. The number of para-hydroxylation sites is 1. The highest BCUT2D eigenvalue weighted by atomic mass is 16.3. The molecule has 0 fully saturated rings. The van der Waals surface area contributed by atoms with Crippen LogP contribution in [-0.2, 0) is 0 Å². The van der Waals surface area contributed by atoms with Gasteiger partial charge in [0.15, 0.2) is 17.5 Å². The molecule has 0 N–H and O–H groups in total. The second kappa shape index (κ2) is 12.4. The predicted molar refractivity (Wildman–Crippen MR) is 214 cm³/mol. The smallest absolute Gasteiger partial charge is 0.164 e. The summed E-state index contributed by atoms with van der Waals surface area (Å²) in [5.41, 5.74) is 9.11. The number of aromatic nitrogens is 3. The van der Waals surface area contributed by atoms with Gasteiger partial charge in [-0.1, -0.05) is 140 Å². The summed E-state index contributed by atoms with van der Waals surface area (Å²) in [4.78, 5) is 14.8. The van der Waals surface area contributed by atoms with Crippen LogP contribution in [0.1, 0.15) is 5.56 Å². The fourth-order valence-corrected chi connectivity index (χ4v) is 7.41. The first-order valence-corrected chi connectivity index (χ1v) is 17.5. The van der Waals surface area contributed by atoms with Crippen LogP contribution in [0.3, 0.4) is 0 Å². The van der Waals surface area contributed by atoms with Gasteiger partial charge < -0.3 is 4.42 Å². The molecule has 0 aliphatic rings. The molecule has 8 aromatic carbocycles. The molecule has 10 aromatic rings. The van der Waals surface area contributed by atoms with Gasteiger partial charge in [-0.25, -0.2) is 15.0 Å². The number of nitriles is 1. The molecule has 0 amide bonds. The molecule has 0 aliphatic heterocycles. The normalized spacial score (nSPS) is 11.4. The summed E-state index contributed by atoms with van der Waals surface area (Å²) in [6.45, 7) is 0.